The number of benzene rings is 1. The van der Waals surface area contributed by atoms with Gasteiger partial charge in [-0.15, -0.1) is 24.0 Å². The Morgan fingerprint density at radius 1 is 1.42 bits per heavy atom. The Kier molecular flexibility index (Phi) is 10.4. The van der Waals surface area contributed by atoms with Crippen LogP contribution in [0.15, 0.2) is 29.3 Å². The number of piperidine rings is 1. The van der Waals surface area contributed by atoms with Crippen LogP contribution < -0.4 is 10.6 Å². The van der Waals surface area contributed by atoms with Crippen molar-refractivity contribution in [1.82, 2.24) is 15.5 Å². The topological polar surface area (TPSA) is 92.0 Å². The maximum Gasteiger partial charge on any atom is 0.269 e. The van der Waals surface area contributed by atoms with E-state index in [-0.39, 0.29) is 34.6 Å². The van der Waals surface area contributed by atoms with Crippen molar-refractivity contribution in [2.24, 2.45) is 4.99 Å². The van der Waals surface area contributed by atoms with E-state index in [4.69, 9.17) is 4.74 Å². The first-order chi connectivity index (χ1) is 12.1. The molecule has 0 amide bonds. The smallest absolute Gasteiger partial charge is 0.269 e. The number of guanidine groups is 1. The molecule has 0 aliphatic carbocycles. The van der Waals surface area contributed by atoms with Gasteiger partial charge in [0.1, 0.15) is 0 Å². The standard InChI is InChI=1S/C17H27N5O3.HI/c1-18-17(19-13-14-4-3-5-16(12-14)22(23)24)20-15-6-8-21(9-7-15)10-11-25-2;/h3-5,12,15H,6-11,13H2,1-2H3,(H2,18,19,20);1H. The number of nitro benzene ring substituents is 1. The lowest BCUT2D eigenvalue weighted by Crippen LogP contribution is -2.48. The van der Waals surface area contributed by atoms with Gasteiger partial charge in [-0.1, -0.05) is 12.1 Å². The van der Waals surface area contributed by atoms with Crippen LogP contribution in [0.3, 0.4) is 0 Å². The van der Waals surface area contributed by atoms with Crippen molar-refractivity contribution in [3.05, 3.63) is 39.9 Å². The lowest BCUT2D eigenvalue weighted by molar-refractivity contribution is -0.384. The van der Waals surface area contributed by atoms with Gasteiger partial charge in [0.05, 0.1) is 11.5 Å². The second-order valence-electron chi connectivity index (χ2n) is 6.11. The Labute approximate surface area is 171 Å². The Bertz CT molecular complexity index is 592. The molecule has 0 spiro atoms. The predicted octanol–water partition coefficient (Wildman–Crippen LogP) is 1.99. The number of nitro groups is 1. The summed E-state index contributed by atoms with van der Waals surface area (Å²) in [7, 11) is 3.46. The Morgan fingerprint density at radius 2 is 2.15 bits per heavy atom. The predicted molar refractivity (Wildman–Crippen MR) is 113 cm³/mol. The zero-order valence-electron chi connectivity index (χ0n) is 15.3. The van der Waals surface area contributed by atoms with Crippen LogP contribution in [0.5, 0.6) is 0 Å². The average Bonchev–Trinajstić information content (AvgIpc) is 2.64. The fourth-order valence-corrected chi connectivity index (χ4v) is 2.88. The highest BCUT2D eigenvalue weighted by atomic mass is 127. The van der Waals surface area contributed by atoms with Crippen molar-refractivity contribution in [3.8, 4) is 0 Å². The molecule has 0 bridgehead atoms. The second kappa shape index (κ2) is 12.0. The summed E-state index contributed by atoms with van der Waals surface area (Å²) in [5.74, 6) is 0.724. The van der Waals surface area contributed by atoms with Crippen molar-refractivity contribution in [1.29, 1.82) is 0 Å². The summed E-state index contributed by atoms with van der Waals surface area (Å²) < 4.78 is 5.12. The molecule has 1 saturated heterocycles. The molecule has 1 aliphatic rings. The van der Waals surface area contributed by atoms with Gasteiger partial charge < -0.3 is 20.3 Å². The monoisotopic (exact) mass is 477 g/mol. The summed E-state index contributed by atoms with van der Waals surface area (Å²) in [6.07, 6.45) is 2.11. The van der Waals surface area contributed by atoms with Crippen LogP contribution in [0.25, 0.3) is 0 Å². The van der Waals surface area contributed by atoms with E-state index in [1.807, 2.05) is 6.07 Å². The van der Waals surface area contributed by atoms with Gasteiger partial charge in [-0.25, -0.2) is 0 Å². The number of halogens is 1. The van der Waals surface area contributed by atoms with Gasteiger partial charge in [0.2, 0.25) is 0 Å². The van der Waals surface area contributed by atoms with Gasteiger partial charge in [0, 0.05) is 58.5 Å². The Morgan fingerprint density at radius 3 is 2.77 bits per heavy atom. The van der Waals surface area contributed by atoms with E-state index in [0.717, 1.165) is 50.6 Å². The van der Waals surface area contributed by atoms with Gasteiger partial charge in [-0.05, 0) is 18.4 Å². The van der Waals surface area contributed by atoms with Crippen molar-refractivity contribution in [2.75, 3.05) is 40.4 Å². The molecule has 26 heavy (non-hydrogen) atoms. The van der Waals surface area contributed by atoms with Crippen molar-refractivity contribution >= 4 is 35.6 Å². The number of aliphatic imine (C=N–C) groups is 1. The molecule has 1 aromatic carbocycles. The van der Waals surface area contributed by atoms with Crippen LogP contribution in [0.4, 0.5) is 5.69 Å². The van der Waals surface area contributed by atoms with Crippen LogP contribution in [-0.2, 0) is 11.3 Å². The number of ether oxygens (including phenoxy) is 1. The van der Waals surface area contributed by atoms with E-state index < -0.39 is 0 Å². The van der Waals surface area contributed by atoms with Crippen LogP contribution >= 0.6 is 24.0 Å². The van der Waals surface area contributed by atoms with Gasteiger partial charge in [-0.3, -0.25) is 15.1 Å². The minimum absolute atomic E-state index is 0. The molecule has 2 N–H and O–H groups in total. The summed E-state index contributed by atoms with van der Waals surface area (Å²) in [5.41, 5.74) is 0.956. The molecule has 0 aromatic heterocycles. The van der Waals surface area contributed by atoms with Gasteiger partial charge in [-0.2, -0.15) is 0 Å². The molecule has 1 aromatic rings. The van der Waals surface area contributed by atoms with E-state index in [9.17, 15) is 10.1 Å². The molecule has 2 rings (SSSR count). The fraction of sp³-hybridized carbons (Fsp3) is 0.588. The summed E-state index contributed by atoms with van der Waals surface area (Å²) in [6.45, 7) is 4.33. The summed E-state index contributed by atoms with van der Waals surface area (Å²) in [6, 6.07) is 7.01. The molecule has 1 fully saturated rings. The van der Waals surface area contributed by atoms with Gasteiger partial charge in [0.25, 0.3) is 5.69 Å². The Hall–Kier alpha value is -1.46. The van der Waals surface area contributed by atoms with E-state index in [0.29, 0.717) is 12.6 Å². The third-order valence-electron chi connectivity index (χ3n) is 4.35. The van der Waals surface area contributed by atoms with Crippen molar-refractivity contribution in [3.63, 3.8) is 0 Å². The van der Waals surface area contributed by atoms with Crippen LogP contribution in [0.1, 0.15) is 18.4 Å². The van der Waals surface area contributed by atoms with Crippen LogP contribution in [0, 0.1) is 10.1 Å². The summed E-state index contributed by atoms with van der Waals surface area (Å²) in [4.78, 5) is 17.1. The first-order valence-corrected chi connectivity index (χ1v) is 8.54. The maximum atomic E-state index is 10.8. The second-order valence-corrected chi connectivity index (χ2v) is 6.11. The number of rotatable bonds is 7. The minimum atomic E-state index is -0.381. The number of nitrogens with one attached hydrogen (secondary N) is 2. The molecule has 9 heteroatoms. The molecule has 1 aliphatic heterocycles. The van der Waals surface area contributed by atoms with E-state index in [2.05, 4.69) is 20.5 Å². The summed E-state index contributed by atoms with van der Waals surface area (Å²) >= 11 is 0. The normalized spacial score (nSPS) is 16.0. The lowest BCUT2D eigenvalue weighted by atomic mass is 10.1. The first-order valence-electron chi connectivity index (χ1n) is 8.54. The minimum Gasteiger partial charge on any atom is -0.383 e. The molecule has 0 atom stereocenters. The number of nitrogens with zero attached hydrogens (tertiary/aromatic N) is 3. The first kappa shape index (κ1) is 22.6. The van der Waals surface area contributed by atoms with Gasteiger partial charge >= 0.3 is 0 Å². The largest absolute Gasteiger partial charge is 0.383 e. The molecule has 0 unspecified atom stereocenters. The van der Waals surface area contributed by atoms with E-state index in [1.165, 1.54) is 6.07 Å². The van der Waals surface area contributed by atoms with Crippen LogP contribution in [-0.4, -0.2) is 62.2 Å². The molecular weight excluding hydrogens is 449 g/mol. The third-order valence-corrected chi connectivity index (χ3v) is 4.35. The SMILES string of the molecule is CN=C(NCc1cccc([N+](=O)[O-])c1)NC1CCN(CCOC)CC1.I. The molecule has 0 saturated carbocycles. The van der Waals surface area contributed by atoms with E-state index in [1.54, 1.807) is 26.3 Å². The molecule has 1 heterocycles. The number of likely N-dealkylation sites (tertiary alicyclic amines) is 1. The molecule has 0 radical (unpaired) electrons. The van der Waals surface area contributed by atoms with Gasteiger partial charge in [0.15, 0.2) is 5.96 Å². The average molecular weight is 477 g/mol. The number of non-ortho nitro benzene ring substituents is 1. The molecule has 146 valence electrons. The van der Waals surface area contributed by atoms with Crippen molar-refractivity contribution in [2.45, 2.75) is 25.4 Å². The summed E-state index contributed by atoms with van der Waals surface area (Å²) in [5, 5.41) is 17.5. The van der Waals surface area contributed by atoms with Crippen LogP contribution in [0.2, 0.25) is 0 Å². The Balaban J connectivity index is 0.00000338. The molecular formula is C17H28IN5O3. The zero-order chi connectivity index (χ0) is 18.1. The highest BCUT2D eigenvalue weighted by molar-refractivity contribution is 14.0. The van der Waals surface area contributed by atoms with E-state index >= 15 is 0 Å². The quantitative estimate of drug-likeness (QED) is 0.205. The van der Waals surface area contributed by atoms with Crippen molar-refractivity contribution < 1.29 is 9.66 Å². The number of hydrogen-bond donors (Lipinski definition) is 2. The highest BCUT2D eigenvalue weighted by Crippen LogP contribution is 2.13. The number of hydrogen-bond acceptors (Lipinski definition) is 5. The fourth-order valence-electron chi connectivity index (χ4n) is 2.88. The maximum absolute atomic E-state index is 10.8. The number of methoxy groups -OCH3 is 1. The third kappa shape index (κ3) is 7.42. The molecule has 8 nitrogen and oxygen atoms in total. The highest BCUT2D eigenvalue weighted by Gasteiger charge is 2.19. The lowest BCUT2D eigenvalue weighted by Gasteiger charge is -2.32. The zero-order valence-corrected chi connectivity index (χ0v) is 17.6.